The van der Waals surface area contributed by atoms with Gasteiger partial charge in [-0.25, -0.2) is 0 Å². The van der Waals surface area contributed by atoms with Crippen LogP contribution in [0.25, 0.3) is 10.9 Å². The third-order valence-electron chi connectivity index (χ3n) is 3.72. The molecule has 0 saturated heterocycles. The van der Waals surface area contributed by atoms with Crippen LogP contribution in [0.4, 0.5) is 0 Å². The van der Waals surface area contributed by atoms with Gasteiger partial charge < -0.3 is 14.5 Å². The summed E-state index contributed by atoms with van der Waals surface area (Å²) in [6.45, 7) is 2.26. The smallest absolute Gasteiger partial charge is 0.321 e. The fraction of sp³-hybridized carbons (Fsp3) is 0.235. The van der Waals surface area contributed by atoms with Crippen molar-refractivity contribution in [3.05, 3.63) is 59.7 Å². The van der Waals surface area contributed by atoms with Crippen molar-refractivity contribution < 1.29 is 14.3 Å². The molecule has 0 fully saturated rings. The summed E-state index contributed by atoms with van der Waals surface area (Å²) in [5, 5.41) is 13.5. The zero-order valence-electron chi connectivity index (χ0n) is 12.3. The van der Waals surface area contributed by atoms with Gasteiger partial charge in [-0.1, -0.05) is 18.2 Å². The molecule has 2 heterocycles. The Bertz CT molecular complexity index is 788. The Morgan fingerprint density at radius 2 is 2.14 bits per heavy atom. The number of para-hydroxylation sites is 1. The molecule has 0 saturated carbocycles. The predicted octanol–water partition coefficient (Wildman–Crippen LogP) is 2.85. The minimum atomic E-state index is -0.867. The van der Waals surface area contributed by atoms with Crippen molar-refractivity contribution in [1.82, 2.24) is 10.3 Å². The van der Waals surface area contributed by atoms with Crippen molar-refractivity contribution in [2.45, 2.75) is 25.9 Å². The molecule has 0 bridgehead atoms. The van der Waals surface area contributed by atoms with Crippen LogP contribution in [0, 0.1) is 6.92 Å². The number of carboxylic acids is 1. The molecule has 2 aromatic heterocycles. The van der Waals surface area contributed by atoms with Gasteiger partial charge in [-0.2, -0.15) is 0 Å². The summed E-state index contributed by atoms with van der Waals surface area (Å²) in [5.74, 6) is 0.691. The third-order valence-corrected chi connectivity index (χ3v) is 3.72. The van der Waals surface area contributed by atoms with Crippen LogP contribution in [0.1, 0.15) is 17.1 Å². The Morgan fingerprint density at radius 3 is 2.86 bits per heavy atom. The summed E-state index contributed by atoms with van der Waals surface area (Å²) < 4.78 is 5.46. The van der Waals surface area contributed by atoms with Gasteiger partial charge in [0.15, 0.2) is 0 Å². The molecule has 0 amide bonds. The van der Waals surface area contributed by atoms with Crippen molar-refractivity contribution in [3.8, 4) is 0 Å². The van der Waals surface area contributed by atoms with Crippen LogP contribution >= 0.6 is 0 Å². The molecule has 3 rings (SSSR count). The molecule has 1 atom stereocenters. The van der Waals surface area contributed by atoms with Gasteiger partial charge in [-0.05, 0) is 30.7 Å². The van der Waals surface area contributed by atoms with Gasteiger partial charge in [-0.3, -0.25) is 10.1 Å². The van der Waals surface area contributed by atoms with Crippen LogP contribution in [0.15, 0.2) is 47.0 Å². The minimum Gasteiger partial charge on any atom is -0.480 e. The minimum absolute atomic E-state index is 0.396. The van der Waals surface area contributed by atoms with E-state index in [0.29, 0.717) is 13.0 Å². The van der Waals surface area contributed by atoms with E-state index in [1.54, 1.807) is 0 Å². The summed E-state index contributed by atoms with van der Waals surface area (Å²) >= 11 is 0. The van der Waals surface area contributed by atoms with Crippen molar-refractivity contribution in [2.24, 2.45) is 0 Å². The fourth-order valence-corrected chi connectivity index (χ4v) is 2.57. The number of carbonyl (C=O) groups is 1. The van der Waals surface area contributed by atoms with E-state index in [9.17, 15) is 9.90 Å². The maximum absolute atomic E-state index is 11.5. The van der Waals surface area contributed by atoms with E-state index in [1.807, 2.05) is 49.5 Å². The van der Waals surface area contributed by atoms with Crippen molar-refractivity contribution in [2.75, 3.05) is 0 Å². The summed E-state index contributed by atoms with van der Waals surface area (Å²) in [4.78, 5) is 14.7. The molecule has 114 valence electrons. The topological polar surface area (TPSA) is 78.3 Å². The van der Waals surface area contributed by atoms with Crippen LogP contribution < -0.4 is 5.32 Å². The number of rotatable bonds is 6. The lowest BCUT2D eigenvalue weighted by molar-refractivity contribution is -0.139. The number of furan rings is 1. The normalized spacial score (nSPS) is 12.6. The summed E-state index contributed by atoms with van der Waals surface area (Å²) in [5.41, 5.74) is 2.01. The molecule has 0 radical (unpaired) electrons. The van der Waals surface area contributed by atoms with Gasteiger partial charge in [0, 0.05) is 23.5 Å². The van der Waals surface area contributed by atoms with Crippen LogP contribution in [0.5, 0.6) is 0 Å². The molecule has 1 aromatic carbocycles. The molecule has 3 aromatic rings. The quantitative estimate of drug-likeness (QED) is 0.654. The molecular formula is C17H18N2O3. The highest BCUT2D eigenvalue weighted by Gasteiger charge is 2.19. The molecule has 0 spiro atoms. The molecular weight excluding hydrogens is 280 g/mol. The average Bonchev–Trinajstić information content (AvgIpc) is 3.10. The number of fused-ring (bicyclic) bond motifs is 1. The van der Waals surface area contributed by atoms with Crippen molar-refractivity contribution in [1.29, 1.82) is 0 Å². The van der Waals surface area contributed by atoms with Crippen LogP contribution in [0.2, 0.25) is 0 Å². The number of aromatic amines is 1. The lowest BCUT2D eigenvalue weighted by Crippen LogP contribution is -2.37. The molecule has 5 nitrogen and oxygen atoms in total. The van der Waals surface area contributed by atoms with Gasteiger partial charge in [0.25, 0.3) is 0 Å². The standard InChI is InChI=1S/C17H18N2O3/c1-11-6-7-13(22-11)10-19-16(17(20)21)8-12-9-18-15-5-3-2-4-14(12)15/h2-7,9,16,18-19H,8,10H2,1H3,(H,20,21)/t16-/m1/s1. The lowest BCUT2D eigenvalue weighted by Gasteiger charge is -2.13. The van der Waals surface area contributed by atoms with Crippen molar-refractivity contribution >= 4 is 16.9 Å². The molecule has 0 aliphatic rings. The van der Waals surface area contributed by atoms with Crippen LogP contribution in [-0.4, -0.2) is 22.1 Å². The molecule has 0 unspecified atom stereocenters. The Kier molecular flexibility index (Phi) is 3.98. The SMILES string of the molecule is Cc1ccc(CN[C@H](Cc2c[nH]c3ccccc23)C(=O)O)o1. The Labute approximate surface area is 128 Å². The average molecular weight is 298 g/mol. The monoisotopic (exact) mass is 298 g/mol. The van der Waals surface area contributed by atoms with E-state index in [2.05, 4.69) is 10.3 Å². The highest BCUT2D eigenvalue weighted by Crippen LogP contribution is 2.19. The number of carboxylic acid groups (broad SMARTS) is 1. The molecule has 22 heavy (non-hydrogen) atoms. The molecule has 0 aliphatic heterocycles. The Hall–Kier alpha value is -2.53. The first kappa shape index (κ1) is 14.4. The predicted molar refractivity (Wildman–Crippen MR) is 83.7 cm³/mol. The maximum Gasteiger partial charge on any atom is 0.321 e. The highest BCUT2D eigenvalue weighted by atomic mass is 16.4. The zero-order chi connectivity index (χ0) is 15.5. The molecule has 5 heteroatoms. The zero-order valence-corrected chi connectivity index (χ0v) is 12.3. The van der Waals surface area contributed by atoms with Gasteiger partial charge in [-0.15, -0.1) is 0 Å². The number of hydrogen-bond donors (Lipinski definition) is 3. The van der Waals surface area contributed by atoms with E-state index < -0.39 is 12.0 Å². The van der Waals surface area contributed by atoms with Gasteiger partial charge in [0.05, 0.1) is 6.54 Å². The summed E-state index contributed by atoms with van der Waals surface area (Å²) in [7, 11) is 0. The second-order valence-electron chi connectivity index (χ2n) is 5.35. The Morgan fingerprint density at radius 1 is 1.32 bits per heavy atom. The van der Waals surface area contributed by atoms with Crippen LogP contribution in [0.3, 0.4) is 0 Å². The molecule has 0 aliphatic carbocycles. The third kappa shape index (κ3) is 3.04. The number of benzene rings is 1. The number of aryl methyl sites for hydroxylation is 1. The number of H-pyrrole nitrogens is 1. The first-order valence-corrected chi connectivity index (χ1v) is 7.20. The van der Waals surface area contributed by atoms with Gasteiger partial charge in [0.1, 0.15) is 17.6 Å². The van der Waals surface area contributed by atoms with E-state index in [1.165, 1.54) is 0 Å². The first-order valence-electron chi connectivity index (χ1n) is 7.20. The summed E-state index contributed by atoms with van der Waals surface area (Å²) in [6, 6.07) is 10.9. The first-order chi connectivity index (χ1) is 10.6. The van der Waals surface area contributed by atoms with Gasteiger partial charge >= 0.3 is 5.97 Å². The largest absolute Gasteiger partial charge is 0.480 e. The van der Waals surface area contributed by atoms with Crippen LogP contribution in [-0.2, 0) is 17.8 Å². The molecule has 3 N–H and O–H groups in total. The number of aromatic nitrogens is 1. The summed E-state index contributed by atoms with van der Waals surface area (Å²) in [6.07, 6.45) is 2.29. The van der Waals surface area contributed by atoms with E-state index in [4.69, 9.17) is 4.42 Å². The fourth-order valence-electron chi connectivity index (χ4n) is 2.57. The Balaban J connectivity index is 1.73. The lowest BCUT2D eigenvalue weighted by atomic mass is 10.0. The number of aliphatic carboxylic acids is 1. The van der Waals surface area contributed by atoms with Gasteiger partial charge in [0.2, 0.25) is 0 Å². The highest BCUT2D eigenvalue weighted by molar-refractivity contribution is 5.84. The number of nitrogens with one attached hydrogen (secondary N) is 2. The second-order valence-corrected chi connectivity index (χ2v) is 5.35. The van der Waals surface area contributed by atoms with E-state index >= 15 is 0 Å². The second kappa shape index (κ2) is 6.07. The van der Waals surface area contributed by atoms with E-state index in [0.717, 1.165) is 28.0 Å². The number of hydrogen-bond acceptors (Lipinski definition) is 3. The van der Waals surface area contributed by atoms with Crippen molar-refractivity contribution in [3.63, 3.8) is 0 Å². The maximum atomic E-state index is 11.5. The van der Waals surface area contributed by atoms with E-state index in [-0.39, 0.29) is 0 Å².